The number of hydrogen-bond acceptors (Lipinski definition) is 8. The van der Waals surface area contributed by atoms with Crippen molar-refractivity contribution in [1.82, 2.24) is 21.5 Å². The number of hydrogen-bond donors (Lipinski definition) is 6. The highest BCUT2D eigenvalue weighted by Gasteiger charge is 2.05. The maximum absolute atomic E-state index is 11.4. The van der Waals surface area contributed by atoms with E-state index in [-0.39, 0.29) is 49.6 Å². The molecule has 12 heteroatoms. The minimum Gasteiger partial charge on any atom is -0.356 e. The predicted octanol–water partition coefficient (Wildman–Crippen LogP) is -1.86. The molecule has 0 bridgehead atoms. The second-order valence-corrected chi connectivity index (χ2v) is 7.18. The lowest BCUT2D eigenvalue weighted by molar-refractivity contribution is -0.123. The Labute approximate surface area is 148 Å². The van der Waals surface area contributed by atoms with Gasteiger partial charge in [0, 0.05) is 50.3 Å². The summed E-state index contributed by atoms with van der Waals surface area (Å²) in [4.78, 5) is 44.6. The number of carbonyl (C=O) groups excluding carboxylic acids is 4. The lowest BCUT2D eigenvalue weighted by Gasteiger charge is -2.05. The molecule has 8 N–H and O–H groups in total. The molecule has 0 spiro atoms. The first-order valence-electron chi connectivity index (χ1n) is 7.26. The van der Waals surface area contributed by atoms with Crippen molar-refractivity contribution < 1.29 is 19.2 Å². The van der Waals surface area contributed by atoms with Crippen LogP contribution in [-0.2, 0) is 19.2 Å². The van der Waals surface area contributed by atoms with Gasteiger partial charge in [-0.25, -0.2) is 11.7 Å². The fourth-order valence-corrected chi connectivity index (χ4v) is 3.32. The topological polar surface area (TPSA) is 168 Å². The molecule has 0 saturated carbocycles. The summed E-state index contributed by atoms with van der Waals surface area (Å²) in [5.41, 5.74) is 3.96. The van der Waals surface area contributed by atoms with Gasteiger partial charge in [-0.05, 0) is 0 Å². The molecule has 0 aliphatic rings. The molecule has 138 valence electrons. The zero-order chi connectivity index (χ0) is 18.2. The molecule has 0 fully saturated rings. The first-order valence-corrected chi connectivity index (χ1v) is 9.75. The molecule has 0 atom stereocenters. The molecular weight excluding hydrogens is 356 g/mol. The van der Waals surface area contributed by atoms with Gasteiger partial charge in [-0.2, -0.15) is 0 Å². The van der Waals surface area contributed by atoms with Gasteiger partial charge >= 0.3 is 0 Å². The van der Waals surface area contributed by atoms with Gasteiger partial charge in [0.2, 0.25) is 23.6 Å². The summed E-state index contributed by atoms with van der Waals surface area (Å²) in [5, 5.41) is 5.22. The van der Waals surface area contributed by atoms with Crippen LogP contribution in [0.25, 0.3) is 0 Å². The lowest BCUT2D eigenvalue weighted by Crippen LogP contribution is -2.34. The number of carbonyl (C=O) groups is 4. The van der Waals surface area contributed by atoms with E-state index in [0.717, 1.165) is 0 Å². The van der Waals surface area contributed by atoms with E-state index in [1.807, 2.05) is 10.9 Å². The normalized spacial score (nSPS) is 9.92. The highest BCUT2D eigenvalue weighted by molar-refractivity contribution is 8.76. The molecule has 0 unspecified atom stereocenters. The van der Waals surface area contributed by atoms with Gasteiger partial charge in [0.15, 0.2) is 0 Å². The summed E-state index contributed by atoms with van der Waals surface area (Å²) in [6, 6.07) is 0. The first-order chi connectivity index (χ1) is 11.5. The molecule has 0 aromatic rings. The van der Waals surface area contributed by atoms with Gasteiger partial charge in [-0.3, -0.25) is 30.0 Å². The van der Waals surface area contributed by atoms with E-state index in [4.69, 9.17) is 11.7 Å². The molecule has 0 aromatic heterocycles. The van der Waals surface area contributed by atoms with E-state index in [0.29, 0.717) is 24.3 Å². The lowest BCUT2D eigenvalue weighted by atomic mass is 10.4. The molecule has 0 rings (SSSR count). The van der Waals surface area contributed by atoms with Gasteiger partial charge < -0.3 is 10.6 Å². The quantitative estimate of drug-likeness (QED) is 0.0710. The van der Waals surface area contributed by atoms with Crippen LogP contribution in [0.5, 0.6) is 0 Å². The maximum Gasteiger partial charge on any atom is 0.235 e. The van der Waals surface area contributed by atoms with E-state index in [1.54, 1.807) is 0 Å². The SMILES string of the molecule is NNC(=O)CCNC(=O)CCSSCCC(=O)NCCC(=O)NN. The summed E-state index contributed by atoms with van der Waals surface area (Å²) in [6.45, 7) is 0.504. The number of rotatable bonds is 13. The van der Waals surface area contributed by atoms with Crippen molar-refractivity contribution >= 4 is 45.2 Å². The van der Waals surface area contributed by atoms with Crippen LogP contribution in [-0.4, -0.2) is 48.2 Å². The summed E-state index contributed by atoms with van der Waals surface area (Å²) in [5.74, 6) is 10.1. The number of nitrogens with two attached hydrogens (primary N) is 2. The van der Waals surface area contributed by atoms with Gasteiger partial charge in [0.1, 0.15) is 0 Å². The van der Waals surface area contributed by atoms with Crippen molar-refractivity contribution in [3.8, 4) is 0 Å². The molecule has 0 heterocycles. The van der Waals surface area contributed by atoms with Crippen LogP contribution < -0.4 is 33.2 Å². The molecule has 0 saturated heterocycles. The van der Waals surface area contributed by atoms with E-state index >= 15 is 0 Å². The van der Waals surface area contributed by atoms with Crippen molar-refractivity contribution in [3.05, 3.63) is 0 Å². The van der Waals surface area contributed by atoms with Crippen molar-refractivity contribution in [3.63, 3.8) is 0 Å². The minimum absolute atomic E-state index is 0.135. The monoisotopic (exact) mass is 380 g/mol. The van der Waals surface area contributed by atoms with Crippen LogP contribution in [0.4, 0.5) is 0 Å². The Balaban J connectivity index is 3.43. The molecule has 24 heavy (non-hydrogen) atoms. The number of nitrogens with one attached hydrogen (secondary N) is 4. The summed E-state index contributed by atoms with van der Waals surface area (Å²) < 4.78 is 0. The molecule has 10 nitrogen and oxygen atoms in total. The standard InChI is InChI=1S/C12H24N6O4S2/c13-17-11(21)1-5-15-9(19)3-7-23-24-8-4-10(20)16-6-2-12(22)18-14/h1-8,13-14H2,(H,15,19)(H,16,20)(H,17,21)(H,18,22). The predicted molar refractivity (Wildman–Crippen MR) is 94.1 cm³/mol. The van der Waals surface area contributed by atoms with Crippen molar-refractivity contribution in [2.24, 2.45) is 11.7 Å². The summed E-state index contributed by atoms with van der Waals surface area (Å²) in [7, 11) is 2.99. The van der Waals surface area contributed by atoms with Crippen molar-refractivity contribution in [1.29, 1.82) is 0 Å². The van der Waals surface area contributed by atoms with Crippen LogP contribution in [0.15, 0.2) is 0 Å². The Kier molecular flexibility index (Phi) is 14.1. The highest BCUT2D eigenvalue weighted by Crippen LogP contribution is 2.22. The second kappa shape index (κ2) is 15.1. The molecule has 4 amide bonds. The zero-order valence-electron chi connectivity index (χ0n) is 13.3. The Morgan fingerprint density at radius 2 is 1.00 bits per heavy atom. The molecule has 0 radical (unpaired) electrons. The van der Waals surface area contributed by atoms with Crippen LogP contribution >= 0.6 is 21.6 Å². The molecular formula is C12H24N6O4S2. The third-order valence-corrected chi connectivity index (χ3v) is 4.99. The highest BCUT2D eigenvalue weighted by atomic mass is 33.1. The number of hydrazine groups is 2. The maximum atomic E-state index is 11.4. The third-order valence-electron chi connectivity index (χ3n) is 2.58. The van der Waals surface area contributed by atoms with Gasteiger partial charge in [-0.1, -0.05) is 21.6 Å². The fraction of sp³-hybridized carbons (Fsp3) is 0.667. The average molecular weight is 380 g/mol. The van der Waals surface area contributed by atoms with Gasteiger partial charge in [0.05, 0.1) is 0 Å². The summed E-state index contributed by atoms with van der Waals surface area (Å²) >= 11 is 0. The Bertz CT molecular complexity index is 386. The Morgan fingerprint density at radius 3 is 1.33 bits per heavy atom. The second-order valence-electron chi connectivity index (χ2n) is 4.48. The van der Waals surface area contributed by atoms with Crippen LogP contribution in [0, 0.1) is 0 Å². The third kappa shape index (κ3) is 14.1. The molecule has 0 aliphatic carbocycles. The van der Waals surface area contributed by atoms with Crippen LogP contribution in [0.3, 0.4) is 0 Å². The molecule has 0 aromatic carbocycles. The van der Waals surface area contributed by atoms with Gasteiger partial charge in [0.25, 0.3) is 0 Å². The average Bonchev–Trinajstić information content (AvgIpc) is 2.57. The van der Waals surface area contributed by atoms with Gasteiger partial charge in [-0.15, -0.1) is 0 Å². The first kappa shape index (κ1) is 22.5. The summed E-state index contributed by atoms with van der Waals surface area (Å²) in [6.07, 6.45) is 0.961. The Hall–Kier alpha value is -1.50. The van der Waals surface area contributed by atoms with E-state index < -0.39 is 0 Å². The fourth-order valence-electron chi connectivity index (χ4n) is 1.34. The van der Waals surface area contributed by atoms with Crippen molar-refractivity contribution in [2.45, 2.75) is 25.7 Å². The number of amides is 4. The van der Waals surface area contributed by atoms with E-state index in [2.05, 4.69) is 10.6 Å². The smallest absolute Gasteiger partial charge is 0.235 e. The van der Waals surface area contributed by atoms with E-state index in [9.17, 15) is 19.2 Å². The minimum atomic E-state index is -0.331. The van der Waals surface area contributed by atoms with Crippen LogP contribution in [0.1, 0.15) is 25.7 Å². The zero-order valence-corrected chi connectivity index (χ0v) is 14.9. The Morgan fingerprint density at radius 1 is 0.625 bits per heavy atom. The molecule has 0 aliphatic heterocycles. The largest absolute Gasteiger partial charge is 0.356 e. The van der Waals surface area contributed by atoms with E-state index in [1.165, 1.54) is 21.6 Å². The van der Waals surface area contributed by atoms with Crippen LogP contribution in [0.2, 0.25) is 0 Å². The van der Waals surface area contributed by atoms with Crippen molar-refractivity contribution in [2.75, 3.05) is 24.6 Å².